The van der Waals surface area contributed by atoms with E-state index in [0.717, 1.165) is 17.8 Å². The monoisotopic (exact) mass is 436 g/mol. The molecule has 9 heteroatoms. The molecular formula is C21H13ClN4O3S. The maximum Gasteiger partial charge on any atom is 0.173 e. The number of phenols is 2. The summed E-state index contributed by atoms with van der Waals surface area (Å²) in [5.41, 5.74) is 7.12. The average Bonchev–Trinajstić information content (AvgIpc) is 2.73. The Labute approximate surface area is 181 Å². The van der Waals surface area contributed by atoms with E-state index in [2.05, 4.69) is 4.98 Å². The van der Waals surface area contributed by atoms with Crippen LogP contribution in [0.2, 0.25) is 5.02 Å². The number of carbonyl (C=O) groups is 1. The highest BCUT2D eigenvalue weighted by Crippen LogP contribution is 2.36. The number of halogens is 1. The average molecular weight is 437 g/mol. The summed E-state index contributed by atoms with van der Waals surface area (Å²) >= 11 is 7.04. The number of hydrogen-bond donors (Lipinski definition) is 3. The Hall–Kier alpha value is -3.72. The van der Waals surface area contributed by atoms with E-state index >= 15 is 0 Å². The van der Waals surface area contributed by atoms with Gasteiger partial charge in [0.05, 0.1) is 11.3 Å². The van der Waals surface area contributed by atoms with Crippen molar-refractivity contribution in [2.45, 2.75) is 5.03 Å². The molecule has 0 saturated heterocycles. The Morgan fingerprint density at radius 2 is 1.83 bits per heavy atom. The fraction of sp³-hybridized carbons (Fsp3) is 0.0476. The largest absolute Gasteiger partial charge is 0.504 e. The number of benzene rings is 2. The highest BCUT2D eigenvalue weighted by Gasteiger charge is 2.21. The van der Waals surface area contributed by atoms with Gasteiger partial charge in [-0.15, -0.1) is 0 Å². The fourth-order valence-electron chi connectivity index (χ4n) is 2.75. The number of nitrogen functional groups attached to an aromatic ring is 1. The van der Waals surface area contributed by atoms with Gasteiger partial charge in [0.25, 0.3) is 0 Å². The Bertz CT molecular complexity index is 1250. The predicted octanol–water partition coefficient (Wildman–Crippen LogP) is 4.11. The lowest BCUT2D eigenvalue weighted by Gasteiger charge is -2.13. The second-order valence-corrected chi connectivity index (χ2v) is 7.48. The van der Waals surface area contributed by atoms with Crippen molar-refractivity contribution in [1.82, 2.24) is 4.98 Å². The molecule has 4 N–H and O–H groups in total. The fourth-order valence-corrected chi connectivity index (χ4v) is 3.83. The predicted molar refractivity (Wildman–Crippen MR) is 113 cm³/mol. The first-order valence-corrected chi connectivity index (χ1v) is 9.79. The number of carbonyl (C=O) groups excluding carboxylic acids is 1. The zero-order chi connectivity index (χ0) is 21.8. The molecule has 3 aromatic rings. The van der Waals surface area contributed by atoms with Gasteiger partial charge in [0.2, 0.25) is 0 Å². The lowest BCUT2D eigenvalue weighted by Crippen LogP contribution is -2.06. The van der Waals surface area contributed by atoms with Gasteiger partial charge in [-0.3, -0.25) is 4.79 Å². The maximum absolute atomic E-state index is 12.5. The molecule has 0 bridgehead atoms. The number of pyridine rings is 1. The van der Waals surface area contributed by atoms with Crippen LogP contribution in [0.4, 0.5) is 5.82 Å². The van der Waals surface area contributed by atoms with Crippen molar-refractivity contribution in [2.75, 3.05) is 11.5 Å². The molecule has 1 heterocycles. The van der Waals surface area contributed by atoms with Gasteiger partial charge in [0.15, 0.2) is 17.3 Å². The Balaban J connectivity index is 2.01. The van der Waals surface area contributed by atoms with Crippen molar-refractivity contribution < 1.29 is 15.0 Å². The summed E-state index contributed by atoms with van der Waals surface area (Å²) in [5.74, 6) is -1.27. The quantitative estimate of drug-likeness (QED) is 0.308. The summed E-state index contributed by atoms with van der Waals surface area (Å²) in [6, 6.07) is 14.4. The van der Waals surface area contributed by atoms with Crippen molar-refractivity contribution in [3.63, 3.8) is 0 Å². The van der Waals surface area contributed by atoms with E-state index < -0.39 is 5.75 Å². The lowest BCUT2D eigenvalue weighted by atomic mass is 9.97. The highest BCUT2D eigenvalue weighted by atomic mass is 35.5. The van der Waals surface area contributed by atoms with Gasteiger partial charge >= 0.3 is 0 Å². The number of nitriles is 2. The third-order valence-electron chi connectivity index (χ3n) is 4.17. The van der Waals surface area contributed by atoms with E-state index in [1.165, 1.54) is 12.1 Å². The summed E-state index contributed by atoms with van der Waals surface area (Å²) in [4.78, 5) is 16.6. The van der Waals surface area contributed by atoms with Crippen LogP contribution in [-0.4, -0.2) is 26.7 Å². The van der Waals surface area contributed by atoms with Crippen LogP contribution >= 0.6 is 23.4 Å². The summed E-state index contributed by atoms with van der Waals surface area (Å²) < 4.78 is 0. The minimum atomic E-state index is -0.410. The standard InChI is InChI=1S/C21H13ClN4O3S/c22-13-3-1-2-12(6-13)19-14(8-23)20(25)26-21(15(19)9-24)30-10-18(29)11-4-5-16(27)17(28)7-11/h1-7,27-28H,10H2,(H2,25,26). The molecule has 0 aliphatic rings. The van der Waals surface area contributed by atoms with E-state index in [4.69, 9.17) is 17.3 Å². The first kappa shape index (κ1) is 21.0. The van der Waals surface area contributed by atoms with Crippen LogP contribution in [0, 0.1) is 22.7 Å². The smallest absolute Gasteiger partial charge is 0.173 e. The van der Waals surface area contributed by atoms with Crippen LogP contribution in [0.3, 0.4) is 0 Å². The molecule has 148 valence electrons. The number of hydrogen-bond acceptors (Lipinski definition) is 8. The molecule has 0 atom stereocenters. The molecule has 0 unspecified atom stereocenters. The zero-order valence-electron chi connectivity index (χ0n) is 15.3. The number of ketones is 1. The zero-order valence-corrected chi connectivity index (χ0v) is 16.8. The van der Waals surface area contributed by atoms with Crippen molar-refractivity contribution in [3.8, 4) is 34.8 Å². The van der Waals surface area contributed by atoms with Crippen LogP contribution in [0.1, 0.15) is 21.5 Å². The number of nitrogens with two attached hydrogens (primary N) is 1. The summed E-state index contributed by atoms with van der Waals surface area (Å²) in [6.07, 6.45) is 0. The van der Waals surface area contributed by atoms with E-state index in [1.54, 1.807) is 24.3 Å². The molecule has 0 aliphatic carbocycles. The summed E-state index contributed by atoms with van der Waals surface area (Å²) in [5, 5.41) is 38.9. The molecule has 0 radical (unpaired) electrons. The molecule has 3 rings (SSSR count). The molecule has 0 saturated carbocycles. The Morgan fingerprint density at radius 3 is 2.47 bits per heavy atom. The minimum Gasteiger partial charge on any atom is -0.504 e. The summed E-state index contributed by atoms with van der Waals surface area (Å²) in [7, 11) is 0. The number of aromatic hydroxyl groups is 2. The van der Waals surface area contributed by atoms with Crippen LogP contribution < -0.4 is 5.73 Å². The van der Waals surface area contributed by atoms with Crippen LogP contribution in [-0.2, 0) is 0 Å². The minimum absolute atomic E-state index is 0.0490. The number of thioether (sulfide) groups is 1. The first-order chi connectivity index (χ1) is 14.3. The van der Waals surface area contributed by atoms with E-state index in [-0.39, 0.29) is 44.8 Å². The molecule has 0 amide bonds. The second kappa shape index (κ2) is 8.75. The summed E-state index contributed by atoms with van der Waals surface area (Å²) in [6.45, 7) is 0. The molecule has 7 nitrogen and oxygen atoms in total. The molecule has 30 heavy (non-hydrogen) atoms. The van der Waals surface area contributed by atoms with Gasteiger partial charge in [0, 0.05) is 16.1 Å². The number of rotatable bonds is 5. The second-order valence-electron chi connectivity index (χ2n) is 6.08. The normalized spacial score (nSPS) is 10.2. The molecule has 2 aromatic carbocycles. The van der Waals surface area contributed by atoms with Crippen LogP contribution in [0.5, 0.6) is 11.5 Å². The van der Waals surface area contributed by atoms with E-state index in [0.29, 0.717) is 16.1 Å². The highest BCUT2D eigenvalue weighted by molar-refractivity contribution is 8.00. The van der Waals surface area contributed by atoms with Gasteiger partial charge < -0.3 is 15.9 Å². The molecule has 0 spiro atoms. The molecular weight excluding hydrogens is 424 g/mol. The third kappa shape index (κ3) is 4.15. The Morgan fingerprint density at radius 1 is 1.10 bits per heavy atom. The number of anilines is 1. The van der Waals surface area contributed by atoms with E-state index in [9.17, 15) is 25.5 Å². The first-order valence-electron chi connectivity index (χ1n) is 8.43. The number of aromatic nitrogens is 1. The SMILES string of the molecule is N#Cc1c(N)nc(SCC(=O)c2ccc(O)c(O)c2)c(C#N)c1-c1cccc(Cl)c1. The van der Waals surface area contributed by atoms with Crippen molar-refractivity contribution in [1.29, 1.82) is 10.5 Å². The number of Topliss-reactive ketones (excluding diaryl/α,β-unsaturated/α-hetero) is 1. The van der Waals surface area contributed by atoms with E-state index in [1.807, 2.05) is 12.1 Å². The van der Waals surface area contributed by atoms with Gasteiger partial charge in [-0.1, -0.05) is 35.5 Å². The van der Waals surface area contributed by atoms with Gasteiger partial charge in [0.1, 0.15) is 28.5 Å². The van der Waals surface area contributed by atoms with Crippen LogP contribution in [0.25, 0.3) is 11.1 Å². The number of nitrogens with zero attached hydrogens (tertiary/aromatic N) is 3. The lowest BCUT2D eigenvalue weighted by molar-refractivity contribution is 0.102. The third-order valence-corrected chi connectivity index (χ3v) is 5.38. The molecule has 0 aliphatic heterocycles. The van der Waals surface area contributed by atoms with Gasteiger partial charge in [-0.25, -0.2) is 4.98 Å². The van der Waals surface area contributed by atoms with Gasteiger partial charge in [-0.2, -0.15) is 10.5 Å². The van der Waals surface area contributed by atoms with Gasteiger partial charge in [-0.05, 0) is 35.9 Å². The maximum atomic E-state index is 12.5. The Kier molecular flexibility index (Phi) is 6.12. The van der Waals surface area contributed by atoms with Crippen molar-refractivity contribution in [3.05, 3.63) is 64.2 Å². The molecule has 0 fully saturated rings. The van der Waals surface area contributed by atoms with Crippen LogP contribution in [0.15, 0.2) is 47.5 Å². The topological polar surface area (TPSA) is 144 Å². The van der Waals surface area contributed by atoms with Crippen molar-refractivity contribution in [2.24, 2.45) is 0 Å². The number of phenolic OH excluding ortho intramolecular Hbond substituents is 2. The molecule has 1 aromatic heterocycles. The van der Waals surface area contributed by atoms with Crippen molar-refractivity contribution >= 4 is 35.0 Å².